The molecule has 1 aromatic heterocycles. The van der Waals surface area contributed by atoms with E-state index in [4.69, 9.17) is 0 Å². The molecule has 13 heavy (non-hydrogen) atoms. The molecule has 1 rings (SSSR count). The third-order valence-electron chi connectivity index (χ3n) is 2.02. The van der Waals surface area contributed by atoms with Crippen molar-refractivity contribution in [3.8, 4) is 0 Å². The van der Waals surface area contributed by atoms with Gasteiger partial charge in [-0.05, 0) is 35.4 Å². The zero-order chi connectivity index (χ0) is 9.68. The van der Waals surface area contributed by atoms with Gasteiger partial charge in [0.15, 0.2) is 0 Å². The predicted octanol–water partition coefficient (Wildman–Crippen LogP) is 3.01. The van der Waals surface area contributed by atoms with Gasteiger partial charge >= 0.3 is 0 Å². The van der Waals surface area contributed by atoms with Crippen LogP contribution < -0.4 is 5.32 Å². The van der Waals surface area contributed by atoms with Gasteiger partial charge in [-0.25, -0.2) is 0 Å². The molecule has 0 fully saturated rings. The molecule has 0 unspecified atom stereocenters. The van der Waals surface area contributed by atoms with Crippen LogP contribution in [0.3, 0.4) is 0 Å². The van der Waals surface area contributed by atoms with E-state index in [9.17, 15) is 0 Å². The van der Waals surface area contributed by atoms with E-state index in [1.165, 1.54) is 11.1 Å². The van der Waals surface area contributed by atoms with Crippen molar-refractivity contribution in [3.63, 3.8) is 0 Å². The van der Waals surface area contributed by atoms with Crippen molar-refractivity contribution < 1.29 is 0 Å². The number of hydrogen-bond acceptors (Lipinski definition) is 2. The van der Waals surface area contributed by atoms with Crippen LogP contribution >= 0.6 is 11.3 Å². The Hall–Kier alpha value is -0.600. The maximum Gasteiger partial charge on any atom is 0.0167 e. The first-order chi connectivity index (χ1) is 6.24. The molecule has 0 aliphatic carbocycles. The average Bonchev–Trinajstić information content (AvgIpc) is 2.56. The zero-order valence-corrected chi connectivity index (χ0v) is 9.32. The Balaban J connectivity index is 2.74. The van der Waals surface area contributed by atoms with E-state index < -0.39 is 0 Å². The third-order valence-corrected chi connectivity index (χ3v) is 2.72. The topological polar surface area (TPSA) is 12.0 Å². The van der Waals surface area contributed by atoms with Crippen molar-refractivity contribution in [2.75, 3.05) is 13.6 Å². The largest absolute Gasteiger partial charge is 0.316 e. The molecule has 1 heterocycles. The SMILES string of the molecule is CNCC(=Cc1ccsc1)C(C)C. The van der Waals surface area contributed by atoms with Gasteiger partial charge in [-0.3, -0.25) is 0 Å². The molecule has 0 saturated carbocycles. The zero-order valence-electron chi connectivity index (χ0n) is 8.50. The fraction of sp³-hybridized carbons (Fsp3) is 0.455. The second-order valence-electron chi connectivity index (χ2n) is 3.46. The second kappa shape index (κ2) is 5.20. The average molecular weight is 195 g/mol. The summed E-state index contributed by atoms with van der Waals surface area (Å²) in [6.07, 6.45) is 2.28. The lowest BCUT2D eigenvalue weighted by molar-refractivity contribution is 0.713. The van der Waals surface area contributed by atoms with Gasteiger partial charge in [-0.1, -0.05) is 25.5 Å². The lowest BCUT2D eigenvalue weighted by Crippen LogP contribution is -2.13. The number of hydrogen-bond donors (Lipinski definition) is 1. The molecule has 0 aromatic carbocycles. The Morgan fingerprint density at radius 2 is 2.38 bits per heavy atom. The third kappa shape index (κ3) is 3.33. The van der Waals surface area contributed by atoms with Crippen molar-refractivity contribution in [1.29, 1.82) is 0 Å². The minimum atomic E-state index is 0.618. The fourth-order valence-corrected chi connectivity index (χ4v) is 1.82. The molecule has 0 spiro atoms. The summed E-state index contributed by atoms with van der Waals surface area (Å²) in [6, 6.07) is 2.16. The van der Waals surface area contributed by atoms with E-state index in [-0.39, 0.29) is 0 Å². The van der Waals surface area contributed by atoms with E-state index in [0.717, 1.165) is 6.54 Å². The number of rotatable bonds is 4. The van der Waals surface area contributed by atoms with Gasteiger partial charge in [0.1, 0.15) is 0 Å². The lowest BCUT2D eigenvalue weighted by Gasteiger charge is -2.10. The van der Waals surface area contributed by atoms with E-state index in [1.807, 2.05) is 7.05 Å². The maximum atomic E-state index is 3.20. The first-order valence-electron chi connectivity index (χ1n) is 4.61. The highest BCUT2D eigenvalue weighted by molar-refractivity contribution is 7.08. The molecule has 1 aromatic rings. The van der Waals surface area contributed by atoms with Crippen molar-refractivity contribution in [3.05, 3.63) is 28.0 Å². The van der Waals surface area contributed by atoms with Crippen LogP contribution in [0, 0.1) is 5.92 Å². The van der Waals surface area contributed by atoms with Crippen LogP contribution in [0.1, 0.15) is 19.4 Å². The lowest BCUT2D eigenvalue weighted by atomic mass is 10.0. The fourth-order valence-electron chi connectivity index (χ4n) is 1.20. The van der Waals surface area contributed by atoms with E-state index in [2.05, 4.69) is 42.1 Å². The molecule has 0 aliphatic rings. The first kappa shape index (κ1) is 10.5. The Morgan fingerprint density at radius 3 is 2.85 bits per heavy atom. The first-order valence-corrected chi connectivity index (χ1v) is 5.55. The van der Waals surface area contributed by atoms with Crippen LogP contribution in [-0.4, -0.2) is 13.6 Å². The van der Waals surface area contributed by atoms with Crippen LogP contribution in [0.15, 0.2) is 22.4 Å². The summed E-state index contributed by atoms with van der Waals surface area (Å²) in [4.78, 5) is 0. The smallest absolute Gasteiger partial charge is 0.0167 e. The molecule has 2 heteroatoms. The Kier molecular flexibility index (Phi) is 4.19. The molecule has 72 valence electrons. The quantitative estimate of drug-likeness (QED) is 0.778. The van der Waals surface area contributed by atoms with E-state index in [0.29, 0.717) is 5.92 Å². The van der Waals surface area contributed by atoms with Gasteiger partial charge < -0.3 is 5.32 Å². The minimum absolute atomic E-state index is 0.618. The van der Waals surface area contributed by atoms with Crippen molar-refractivity contribution in [2.24, 2.45) is 5.92 Å². The Morgan fingerprint density at radius 1 is 1.62 bits per heavy atom. The van der Waals surface area contributed by atoms with Crippen molar-refractivity contribution in [1.82, 2.24) is 5.32 Å². The molecule has 0 radical (unpaired) electrons. The highest BCUT2D eigenvalue weighted by Crippen LogP contribution is 2.15. The van der Waals surface area contributed by atoms with Gasteiger partial charge in [0.2, 0.25) is 0 Å². The molecule has 0 atom stereocenters. The monoisotopic (exact) mass is 195 g/mol. The number of nitrogens with one attached hydrogen (secondary N) is 1. The van der Waals surface area contributed by atoms with Crippen LogP contribution in [0.25, 0.3) is 6.08 Å². The van der Waals surface area contributed by atoms with E-state index in [1.54, 1.807) is 11.3 Å². The van der Waals surface area contributed by atoms with Gasteiger partial charge in [0.25, 0.3) is 0 Å². The van der Waals surface area contributed by atoms with Crippen LogP contribution in [0.2, 0.25) is 0 Å². The van der Waals surface area contributed by atoms with Crippen molar-refractivity contribution >= 4 is 17.4 Å². The molecule has 1 nitrogen and oxygen atoms in total. The minimum Gasteiger partial charge on any atom is -0.316 e. The molecule has 0 amide bonds. The van der Waals surface area contributed by atoms with Gasteiger partial charge in [0.05, 0.1) is 0 Å². The molecule has 0 saturated heterocycles. The highest BCUT2D eigenvalue weighted by atomic mass is 32.1. The van der Waals surface area contributed by atoms with Crippen molar-refractivity contribution in [2.45, 2.75) is 13.8 Å². The second-order valence-corrected chi connectivity index (χ2v) is 4.24. The summed E-state index contributed by atoms with van der Waals surface area (Å²) >= 11 is 1.75. The van der Waals surface area contributed by atoms with E-state index >= 15 is 0 Å². The summed E-state index contributed by atoms with van der Waals surface area (Å²) < 4.78 is 0. The van der Waals surface area contributed by atoms with Crippen LogP contribution in [0.4, 0.5) is 0 Å². The number of likely N-dealkylation sites (N-methyl/N-ethyl adjacent to an activating group) is 1. The highest BCUT2D eigenvalue weighted by Gasteiger charge is 2.01. The van der Waals surface area contributed by atoms with Gasteiger partial charge in [-0.2, -0.15) is 11.3 Å². The van der Waals surface area contributed by atoms with Crippen LogP contribution in [0.5, 0.6) is 0 Å². The standard InChI is InChI=1S/C11H17NS/c1-9(2)11(7-12-3)6-10-4-5-13-8-10/h4-6,8-9,12H,7H2,1-3H3. The van der Waals surface area contributed by atoms with Crippen LogP contribution in [-0.2, 0) is 0 Å². The summed E-state index contributed by atoms with van der Waals surface area (Å²) in [5.74, 6) is 0.618. The summed E-state index contributed by atoms with van der Waals surface area (Å²) in [7, 11) is 1.99. The molecule has 0 aliphatic heterocycles. The Bertz CT molecular complexity index is 260. The molecule has 0 bridgehead atoms. The predicted molar refractivity (Wildman–Crippen MR) is 61.1 cm³/mol. The summed E-state index contributed by atoms with van der Waals surface area (Å²) in [6.45, 7) is 5.44. The summed E-state index contributed by atoms with van der Waals surface area (Å²) in [5, 5.41) is 7.49. The molecular formula is C11H17NS. The normalized spacial score (nSPS) is 12.5. The maximum absolute atomic E-state index is 3.20. The van der Waals surface area contributed by atoms with Gasteiger partial charge in [-0.15, -0.1) is 0 Å². The summed E-state index contributed by atoms with van der Waals surface area (Å²) in [5.41, 5.74) is 2.78. The van der Waals surface area contributed by atoms with Gasteiger partial charge in [0, 0.05) is 6.54 Å². The molecular weight excluding hydrogens is 178 g/mol. The molecule has 1 N–H and O–H groups in total. The Labute approximate surface area is 84.5 Å². The number of thiophene rings is 1.